The number of esters is 1. The molecule has 2 aromatic rings. The summed E-state index contributed by atoms with van der Waals surface area (Å²) < 4.78 is 16.8. The zero-order chi connectivity index (χ0) is 24.5. The van der Waals surface area contributed by atoms with Crippen LogP contribution in [0.25, 0.3) is 0 Å². The van der Waals surface area contributed by atoms with Crippen LogP contribution in [0.2, 0.25) is 0 Å². The Labute approximate surface area is 210 Å². The first-order valence-corrected chi connectivity index (χ1v) is 13.1. The molecule has 35 heavy (non-hydrogen) atoms. The summed E-state index contributed by atoms with van der Waals surface area (Å²) in [5, 5.41) is 5.43. The van der Waals surface area contributed by atoms with Gasteiger partial charge in [-0.3, -0.25) is 4.79 Å². The summed E-state index contributed by atoms with van der Waals surface area (Å²) in [6, 6.07) is 9.81. The molecule has 5 rings (SSSR count). The summed E-state index contributed by atoms with van der Waals surface area (Å²) in [7, 11) is 3.22. The fraction of sp³-hybridized carbons (Fsp3) is 0.429. The molecule has 1 aromatic heterocycles. The number of carbonyl (C=O) groups is 2. The largest absolute Gasteiger partial charge is 0.493 e. The number of rotatable bonds is 6. The quantitative estimate of drug-likeness (QED) is 0.527. The van der Waals surface area contributed by atoms with Crippen LogP contribution in [-0.2, 0) is 14.3 Å². The van der Waals surface area contributed by atoms with Crippen molar-refractivity contribution >= 4 is 23.1 Å². The van der Waals surface area contributed by atoms with Crippen LogP contribution in [0.1, 0.15) is 67.7 Å². The topological polar surface area (TPSA) is 73.9 Å². The SMILES string of the molecule is COc1ccc([C@H]2CC(=O)C3=C(C2)NC(C)=C(C(=O)OC2CCCC2)[C@H]3c2cccs2)cc1OC. The molecule has 2 heterocycles. The average molecular weight is 494 g/mol. The van der Waals surface area contributed by atoms with Crippen molar-refractivity contribution in [1.82, 2.24) is 5.32 Å². The van der Waals surface area contributed by atoms with Gasteiger partial charge in [0.25, 0.3) is 0 Å². The van der Waals surface area contributed by atoms with Crippen LogP contribution in [0, 0.1) is 0 Å². The second-order valence-corrected chi connectivity index (χ2v) is 10.4. The van der Waals surface area contributed by atoms with Crippen molar-refractivity contribution in [2.24, 2.45) is 0 Å². The van der Waals surface area contributed by atoms with Crippen LogP contribution in [0.15, 0.2) is 58.3 Å². The molecule has 0 bridgehead atoms. The predicted molar refractivity (Wildman–Crippen MR) is 135 cm³/mol. The number of Topliss-reactive ketones (excluding diaryl/α,β-unsaturated/α-hetero) is 1. The minimum absolute atomic E-state index is 0.0114. The number of thiophene rings is 1. The van der Waals surface area contributed by atoms with E-state index in [-0.39, 0.29) is 29.7 Å². The van der Waals surface area contributed by atoms with Crippen molar-refractivity contribution in [3.63, 3.8) is 0 Å². The number of allylic oxidation sites excluding steroid dienone is 3. The lowest BCUT2D eigenvalue weighted by molar-refractivity contribution is -0.144. The fourth-order valence-electron chi connectivity index (χ4n) is 5.61. The fourth-order valence-corrected chi connectivity index (χ4v) is 6.46. The lowest BCUT2D eigenvalue weighted by Gasteiger charge is -2.36. The Morgan fingerprint density at radius 2 is 1.83 bits per heavy atom. The first-order valence-electron chi connectivity index (χ1n) is 12.2. The van der Waals surface area contributed by atoms with E-state index in [1.807, 2.05) is 42.6 Å². The highest BCUT2D eigenvalue weighted by Crippen LogP contribution is 2.47. The molecule has 0 amide bonds. The van der Waals surface area contributed by atoms with Crippen LogP contribution in [0.4, 0.5) is 0 Å². The summed E-state index contributed by atoms with van der Waals surface area (Å²) in [6.45, 7) is 1.92. The van der Waals surface area contributed by atoms with Crippen molar-refractivity contribution in [3.8, 4) is 11.5 Å². The number of benzene rings is 1. The van der Waals surface area contributed by atoms with Crippen LogP contribution >= 0.6 is 11.3 Å². The molecule has 6 nitrogen and oxygen atoms in total. The van der Waals surface area contributed by atoms with Gasteiger partial charge in [0.2, 0.25) is 0 Å². The lowest BCUT2D eigenvalue weighted by Crippen LogP contribution is -2.36. The van der Waals surface area contributed by atoms with Crippen molar-refractivity contribution in [3.05, 3.63) is 68.7 Å². The monoisotopic (exact) mass is 493 g/mol. The highest BCUT2D eigenvalue weighted by Gasteiger charge is 2.42. The third-order valence-corrected chi connectivity index (χ3v) is 8.27. The van der Waals surface area contributed by atoms with Crippen molar-refractivity contribution in [2.45, 2.75) is 63.4 Å². The van der Waals surface area contributed by atoms with Crippen molar-refractivity contribution < 1.29 is 23.8 Å². The number of methoxy groups -OCH3 is 2. The summed E-state index contributed by atoms with van der Waals surface area (Å²) in [5.74, 6) is 0.697. The predicted octanol–water partition coefficient (Wildman–Crippen LogP) is 5.61. The van der Waals surface area contributed by atoms with Gasteiger partial charge in [-0.1, -0.05) is 12.1 Å². The molecule has 0 saturated heterocycles. The van der Waals surface area contributed by atoms with E-state index in [2.05, 4.69) is 5.32 Å². The third kappa shape index (κ3) is 4.49. The molecule has 1 aromatic carbocycles. The number of hydrogen-bond donors (Lipinski definition) is 1. The first-order chi connectivity index (χ1) is 17.0. The summed E-state index contributed by atoms with van der Waals surface area (Å²) in [5.41, 5.74) is 3.97. The third-order valence-electron chi connectivity index (χ3n) is 7.33. The molecule has 0 spiro atoms. The minimum atomic E-state index is -0.390. The van der Waals surface area contributed by atoms with Crippen LogP contribution in [-0.4, -0.2) is 32.1 Å². The molecule has 1 fully saturated rings. The van der Waals surface area contributed by atoms with Gasteiger partial charge >= 0.3 is 5.97 Å². The van der Waals surface area contributed by atoms with Gasteiger partial charge in [-0.15, -0.1) is 11.3 Å². The van der Waals surface area contributed by atoms with Crippen molar-refractivity contribution in [2.75, 3.05) is 14.2 Å². The number of ketones is 1. The molecule has 1 saturated carbocycles. The molecule has 1 N–H and O–H groups in total. The second-order valence-electron chi connectivity index (χ2n) is 9.46. The number of hydrogen-bond acceptors (Lipinski definition) is 7. The number of dihydropyridines is 1. The Bertz CT molecular complexity index is 1190. The van der Waals surface area contributed by atoms with E-state index in [4.69, 9.17) is 14.2 Å². The smallest absolute Gasteiger partial charge is 0.337 e. The standard InChI is InChI=1S/C28H31NO5S/c1-16-25(28(31)34-19-7-4-5-8-19)27(24-9-6-12-35-24)26-20(29-16)13-18(14-21(26)30)17-10-11-22(32-2)23(15-17)33-3/h6,9-12,15,18-19,27,29H,4-5,7-8,13-14H2,1-3H3/t18-,27-/m1/s1. The van der Waals surface area contributed by atoms with Gasteiger partial charge in [-0.25, -0.2) is 4.79 Å². The van der Waals surface area contributed by atoms with Crippen LogP contribution < -0.4 is 14.8 Å². The number of ether oxygens (including phenoxy) is 3. The summed E-state index contributed by atoms with van der Waals surface area (Å²) >= 11 is 1.57. The van der Waals surface area contributed by atoms with E-state index in [9.17, 15) is 9.59 Å². The molecule has 1 aliphatic heterocycles. The molecule has 2 atom stereocenters. The maximum Gasteiger partial charge on any atom is 0.337 e. The van der Waals surface area contributed by atoms with E-state index in [1.165, 1.54) is 0 Å². The van der Waals surface area contributed by atoms with Crippen molar-refractivity contribution in [1.29, 1.82) is 0 Å². The Balaban J connectivity index is 1.49. The minimum Gasteiger partial charge on any atom is -0.493 e. The Hall–Kier alpha value is -3.06. The number of carbonyl (C=O) groups excluding carboxylic acids is 2. The van der Waals surface area contributed by atoms with Gasteiger partial charge < -0.3 is 19.5 Å². The average Bonchev–Trinajstić information content (AvgIpc) is 3.57. The molecule has 184 valence electrons. The van der Waals surface area contributed by atoms with E-state index >= 15 is 0 Å². The van der Waals surface area contributed by atoms with Gasteiger partial charge in [0.05, 0.1) is 25.7 Å². The van der Waals surface area contributed by atoms with Gasteiger partial charge in [0, 0.05) is 28.3 Å². The zero-order valence-corrected chi connectivity index (χ0v) is 21.2. The molecule has 0 unspecified atom stereocenters. The molecular weight excluding hydrogens is 462 g/mol. The molecule has 3 aliphatic rings. The first kappa shape index (κ1) is 23.7. The number of nitrogens with one attached hydrogen (secondary N) is 1. The highest BCUT2D eigenvalue weighted by atomic mass is 32.1. The van der Waals surface area contributed by atoms with E-state index in [1.54, 1.807) is 25.6 Å². The van der Waals surface area contributed by atoms with Crippen LogP contribution in [0.3, 0.4) is 0 Å². The summed E-state index contributed by atoms with van der Waals surface area (Å²) in [6.07, 6.45) is 5.03. The molecule has 7 heteroatoms. The zero-order valence-electron chi connectivity index (χ0n) is 20.4. The molecule has 2 aliphatic carbocycles. The van der Waals surface area contributed by atoms with Gasteiger partial charge in [-0.2, -0.15) is 0 Å². The maximum atomic E-state index is 13.7. The van der Waals surface area contributed by atoms with Crippen LogP contribution in [0.5, 0.6) is 11.5 Å². The molecule has 0 radical (unpaired) electrons. The lowest BCUT2D eigenvalue weighted by atomic mass is 9.73. The molecular formula is C28H31NO5S. The highest BCUT2D eigenvalue weighted by molar-refractivity contribution is 7.10. The van der Waals surface area contributed by atoms with Gasteiger partial charge in [0.1, 0.15) is 6.10 Å². The van der Waals surface area contributed by atoms with Gasteiger partial charge in [0.15, 0.2) is 17.3 Å². The van der Waals surface area contributed by atoms with E-state index in [0.29, 0.717) is 35.5 Å². The normalized spacial score (nSPS) is 22.7. The van der Waals surface area contributed by atoms with E-state index < -0.39 is 0 Å². The second kappa shape index (κ2) is 9.90. The summed E-state index contributed by atoms with van der Waals surface area (Å²) in [4.78, 5) is 28.1. The Morgan fingerprint density at radius 1 is 1.06 bits per heavy atom. The Kier molecular flexibility index (Phi) is 6.69. The van der Waals surface area contributed by atoms with E-state index in [0.717, 1.165) is 47.5 Å². The maximum absolute atomic E-state index is 13.7. The Morgan fingerprint density at radius 3 is 2.51 bits per heavy atom. The van der Waals surface area contributed by atoms with Gasteiger partial charge in [-0.05, 0) is 74.1 Å².